The second-order valence-electron chi connectivity index (χ2n) is 7.86. The number of carbonyl (C=O) groups is 2. The molecule has 2 unspecified atom stereocenters. The average Bonchev–Trinajstić information content (AvgIpc) is 2.86. The quantitative estimate of drug-likeness (QED) is 0.310. The van der Waals surface area contributed by atoms with E-state index in [2.05, 4.69) is 102 Å². The van der Waals surface area contributed by atoms with E-state index in [4.69, 9.17) is 10.2 Å². The fourth-order valence-corrected chi connectivity index (χ4v) is 9.38. The van der Waals surface area contributed by atoms with Gasteiger partial charge in [0.15, 0.2) is 0 Å². The third kappa shape index (κ3) is 12.9. The Morgan fingerprint density at radius 2 is 0.886 bits per heavy atom. The summed E-state index contributed by atoms with van der Waals surface area (Å²) in [6.45, 7) is 7.52. The van der Waals surface area contributed by atoms with Crippen LogP contribution >= 0.6 is 0 Å². The predicted octanol–water partition coefficient (Wildman–Crippen LogP) is 4.31. The van der Waals surface area contributed by atoms with E-state index in [1.54, 1.807) is 0 Å². The number of carboxylic acid groups (broad SMARTS) is 2. The molecule has 7 heteroatoms. The first-order valence-corrected chi connectivity index (χ1v) is 15.6. The maximum atomic E-state index is 9.86. The van der Waals surface area contributed by atoms with Gasteiger partial charge in [0, 0.05) is 12.1 Å². The van der Waals surface area contributed by atoms with E-state index in [1.165, 1.54) is 10.5 Å². The average molecular weight is 587 g/mol. The Labute approximate surface area is 216 Å². The van der Waals surface area contributed by atoms with Crippen molar-refractivity contribution in [2.24, 2.45) is 0 Å². The van der Waals surface area contributed by atoms with Gasteiger partial charge in [0.25, 0.3) is 0 Å². The van der Waals surface area contributed by atoms with Gasteiger partial charge in [-0.15, -0.1) is 0 Å². The van der Waals surface area contributed by atoms with Crippen LogP contribution in [-0.2, 0) is 0 Å². The van der Waals surface area contributed by atoms with Crippen molar-refractivity contribution in [2.45, 2.75) is 52.6 Å². The maximum absolute atomic E-state index is 9.86. The summed E-state index contributed by atoms with van der Waals surface area (Å²) in [5, 5.41) is 20.8. The number of hydrogen-bond acceptors (Lipinski definition) is 2. The van der Waals surface area contributed by atoms with E-state index in [0.29, 0.717) is 0 Å². The van der Waals surface area contributed by atoms with Crippen LogP contribution in [-0.4, -0.2) is 54.7 Å². The van der Waals surface area contributed by atoms with Crippen LogP contribution in [0, 0.1) is 0 Å². The molecule has 3 aromatic carbocycles. The normalized spacial score (nSPS) is 11.6. The molecule has 188 valence electrons. The Bertz CT molecular complexity index is 856. The second kappa shape index (κ2) is 17.5. The van der Waals surface area contributed by atoms with Gasteiger partial charge < -0.3 is 20.8 Å². The van der Waals surface area contributed by atoms with Crippen molar-refractivity contribution in [3.8, 4) is 0 Å². The van der Waals surface area contributed by atoms with Crippen molar-refractivity contribution < 1.29 is 19.8 Å². The molecule has 0 spiro atoms. The molecule has 6 nitrogen and oxygen atoms in total. The molecule has 2 amide bonds. The molecular weight excluding hydrogens is 550 g/mol. The van der Waals surface area contributed by atoms with E-state index in [1.807, 2.05) is 27.7 Å². The Morgan fingerprint density at radius 1 is 0.629 bits per heavy atom. The fourth-order valence-electron chi connectivity index (χ4n) is 2.80. The predicted molar refractivity (Wildman–Crippen MR) is 146 cm³/mol. The van der Waals surface area contributed by atoms with Gasteiger partial charge in [-0.2, -0.15) is 0 Å². The van der Waals surface area contributed by atoms with Gasteiger partial charge in [-0.05, 0) is 26.7 Å². The zero-order valence-electron chi connectivity index (χ0n) is 20.9. The number of rotatable bonds is 7. The van der Waals surface area contributed by atoms with E-state index in [-0.39, 0.29) is 12.1 Å². The zero-order valence-corrected chi connectivity index (χ0v) is 23.4. The molecule has 0 aliphatic carbocycles. The van der Waals surface area contributed by atoms with Crippen molar-refractivity contribution in [3.05, 3.63) is 91.0 Å². The standard InChI is InChI=1S/3C6H5.2C5H11NO2.Sb/c3*1-2-4-6-5-3-1;2*1-3-4(2)6-5(7)8;/h3*1-5H;2*4,6H,3H2,1-2H3,(H,7,8);. The van der Waals surface area contributed by atoms with Gasteiger partial charge in [-0.25, -0.2) is 9.59 Å². The van der Waals surface area contributed by atoms with Crippen LogP contribution in [0.5, 0.6) is 0 Å². The molecule has 2 atom stereocenters. The van der Waals surface area contributed by atoms with Crippen molar-refractivity contribution >= 4 is 42.9 Å². The van der Waals surface area contributed by atoms with E-state index >= 15 is 0 Å². The van der Waals surface area contributed by atoms with Crippen LogP contribution < -0.4 is 21.2 Å². The van der Waals surface area contributed by atoms with Gasteiger partial charge in [-0.3, -0.25) is 0 Å². The minimum atomic E-state index is -1.83. The number of amides is 2. The molecule has 4 N–H and O–H groups in total. The fraction of sp³-hybridized carbons (Fsp3) is 0.286. The molecule has 0 aliphatic rings. The Balaban J connectivity index is 0.000000320. The van der Waals surface area contributed by atoms with Crippen LogP contribution in [0.3, 0.4) is 0 Å². The zero-order chi connectivity index (χ0) is 26.1. The summed E-state index contributed by atoms with van der Waals surface area (Å²) in [7, 11) is 0. The number of nitrogens with one attached hydrogen (secondary N) is 2. The molecule has 0 heterocycles. The molecule has 0 aromatic heterocycles. The monoisotopic (exact) mass is 586 g/mol. The van der Waals surface area contributed by atoms with Crippen molar-refractivity contribution in [3.63, 3.8) is 0 Å². The first-order chi connectivity index (χ1) is 16.8. The second-order valence-corrected chi connectivity index (χ2v) is 14.2. The molecule has 3 rings (SSSR count). The van der Waals surface area contributed by atoms with Crippen LogP contribution in [0.15, 0.2) is 91.0 Å². The SMILES string of the molecule is CCC(C)NC(=O)O.CCC(C)NC(=O)O.c1cc[c]([Sb]([c]2ccccc2)[c]2ccccc2)cc1. The third-order valence-corrected chi connectivity index (χ3v) is 12.0. The van der Waals surface area contributed by atoms with E-state index in [9.17, 15) is 9.59 Å². The molecule has 35 heavy (non-hydrogen) atoms. The topological polar surface area (TPSA) is 98.7 Å². The Morgan fingerprint density at radius 3 is 1.06 bits per heavy atom. The van der Waals surface area contributed by atoms with Crippen LogP contribution in [0.1, 0.15) is 40.5 Å². The number of benzene rings is 3. The summed E-state index contributed by atoms with van der Waals surface area (Å²) in [5.41, 5.74) is 0. The molecule has 3 aromatic rings. The van der Waals surface area contributed by atoms with Crippen LogP contribution in [0.25, 0.3) is 0 Å². The molecule has 0 fully saturated rings. The first-order valence-electron chi connectivity index (χ1n) is 11.7. The van der Waals surface area contributed by atoms with Gasteiger partial charge in [-0.1, -0.05) is 13.8 Å². The molecule has 0 bridgehead atoms. The molecular formula is C28H37N2O4Sb. The summed E-state index contributed by atoms with van der Waals surface area (Å²) in [5.74, 6) is 0. The molecule has 0 aliphatic heterocycles. The van der Waals surface area contributed by atoms with Gasteiger partial charge in [0.05, 0.1) is 0 Å². The summed E-state index contributed by atoms with van der Waals surface area (Å²) in [6, 6.07) is 33.0. The van der Waals surface area contributed by atoms with Crippen molar-refractivity contribution in [1.29, 1.82) is 0 Å². The minimum absolute atomic E-state index is 0.0764. The van der Waals surface area contributed by atoms with Gasteiger partial charge in [0.1, 0.15) is 0 Å². The van der Waals surface area contributed by atoms with Crippen LogP contribution in [0.2, 0.25) is 0 Å². The molecule has 0 saturated carbocycles. The molecule has 0 saturated heterocycles. The third-order valence-electron chi connectivity index (χ3n) is 5.01. The Kier molecular flexibility index (Phi) is 15.0. The summed E-state index contributed by atoms with van der Waals surface area (Å²) < 4.78 is 4.55. The first kappa shape index (κ1) is 30.0. The molecule has 0 radical (unpaired) electrons. The summed E-state index contributed by atoms with van der Waals surface area (Å²) in [6.07, 6.45) is -0.211. The summed E-state index contributed by atoms with van der Waals surface area (Å²) in [4.78, 5) is 19.7. The number of hydrogen-bond donors (Lipinski definition) is 4. The summed E-state index contributed by atoms with van der Waals surface area (Å²) >= 11 is -1.83. The van der Waals surface area contributed by atoms with Crippen molar-refractivity contribution in [2.75, 3.05) is 0 Å². The van der Waals surface area contributed by atoms with E-state index in [0.717, 1.165) is 12.8 Å². The van der Waals surface area contributed by atoms with Gasteiger partial charge in [0.2, 0.25) is 0 Å². The van der Waals surface area contributed by atoms with Gasteiger partial charge >= 0.3 is 134 Å². The van der Waals surface area contributed by atoms with Crippen LogP contribution in [0.4, 0.5) is 9.59 Å². The van der Waals surface area contributed by atoms with E-state index < -0.39 is 32.4 Å². The Hall–Kier alpha value is -2.98. The van der Waals surface area contributed by atoms with Crippen molar-refractivity contribution in [1.82, 2.24) is 10.6 Å².